The predicted molar refractivity (Wildman–Crippen MR) is 99.8 cm³/mol. The van der Waals surface area contributed by atoms with E-state index in [9.17, 15) is 14.0 Å². The molecule has 1 saturated heterocycles. The van der Waals surface area contributed by atoms with Gasteiger partial charge in [0.25, 0.3) is 5.91 Å². The zero-order chi connectivity index (χ0) is 18.5. The Hall–Kier alpha value is -2.20. The summed E-state index contributed by atoms with van der Waals surface area (Å²) in [5, 5.41) is -0.0663. The van der Waals surface area contributed by atoms with Gasteiger partial charge in [-0.2, -0.15) is 0 Å². The van der Waals surface area contributed by atoms with Gasteiger partial charge in [0.15, 0.2) is 5.82 Å². The lowest BCUT2D eigenvalue weighted by atomic mass is 9.90. The van der Waals surface area contributed by atoms with Gasteiger partial charge in [0.05, 0.1) is 10.6 Å². The van der Waals surface area contributed by atoms with E-state index >= 15 is 0 Å². The molecule has 0 bridgehead atoms. The number of nitrogens with zero attached hydrogens (tertiary/aromatic N) is 1. The van der Waals surface area contributed by atoms with Crippen molar-refractivity contribution in [1.29, 1.82) is 0 Å². The number of ketones is 1. The van der Waals surface area contributed by atoms with Crippen LogP contribution in [-0.2, 0) is 11.2 Å². The third kappa shape index (κ3) is 4.31. The van der Waals surface area contributed by atoms with Crippen molar-refractivity contribution in [2.75, 3.05) is 13.1 Å². The fraction of sp³-hybridized carbons (Fsp3) is 0.333. The van der Waals surface area contributed by atoms with Crippen molar-refractivity contribution in [2.24, 2.45) is 5.92 Å². The highest BCUT2D eigenvalue weighted by atomic mass is 35.5. The summed E-state index contributed by atoms with van der Waals surface area (Å²) in [6.45, 7) is 0.881. The molecule has 2 aromatic carbocycles. The molecule has 3 rings (SSSR count). The largest absolute Gasteiger partial charge is 0.338 e. The van der Waals surface area contributed by atoms with Gasteiger partial charge in [0.1, 0.15) is 5.78 Å². The molecule has 0 spiro atoms. The number of halogens is 2. The second-order valence-corrected chi connectivity index (χ2v) is 7.05. The van der Waals surface area contributed by atoms with E-state index in [0.717, 1.165) is 18.4 Å². The molecule has 1 fully saturated rings. The summed E-state index contributed by atoms with van der Waals surface area (Å²) < 4.78 is 14.1. The maximum Gasteiger partial charge on any atom is 0.256 e. The molecular formula is C21H21ClFNO2. The van der Waals surface area contributed by atoms with Crippen LogP contribution in [0.25, 0.3) is 0 Å². The number of rotatable bonds is 5. The van der Waals surface area contributed by atoms with Crippen LogP contribution in [0.2, 0.25) is 5.02 Å². The zero-order valence-corrected chi connectivity index (χ0v) is 15.2. The highest BCUT2D eigenvalue weighted by molar-refractivity contribution is 6.31. The molecule has 1 amide bonds. The topological polar surface area (TPSA) is 37.4 Å². The van der Waals surface area contributed by atoms with E-state index in [0.29, 0.717) is 25.9 Å². The van der Waals surface area contributed by atoms with Gasteiger partial charge < -0.3 is 4.90 Å². The average molecular weight is 374 g/mol. The van der Waals surface area contributed by atoms with E-state index in [4.69, 9.17) is 11.6 Å². The van der Waals surface area contributed by atoms with Gasteiger partial charge in [-0.05, 0) is 37.0 Å². The molecule has 1 unspecified atom stereocenters. The van der Waals surface area contributed by atoms with Crippen molar-refractivity contribution in [3.8, 4) is 0 Å². The van der Waals surface area contributed by atoms with E-state index in [1.807, 2.05) is 30.3 Å². The molecule has 136 valence electrons. The molecule has 0 radical (unpaired) electrons. The van der Waals surface area contributed by atoms with Gasteiger partial charge in [-0.25, -0.2) is 4.39 Å². The van der Waals surface area contributed by atoms with Crippen molar-refractivity contribution < 1.29 is 14.0 Å². The lowest BCUT2D eigenvalue weighted by Gasteiger charge is -2.32. The first kappa shape index (κ1) is 18.6. The smallest absolute Gasteiger partial charge is 0.256 e. The molecule has 0 N–H and O–H groups in total. The van der Waals surface area contributed by atoms with Crippen LogP contribution in [0.4, 0.5) is 4.39 Å². The van der Waals surface area contributed by atoms with E-state index in [2.05, 4.69) is 0 Å². The Morgan fingerprint density at radius 1 is 1.12 bits per heavy atom. The third-order valence-corrected chi connectivity index (χ3v) is 5.14. The molecule has 3 nitrogen and oxygen atoms in total. The average Bonchev–Trinajstić information content (AvgIpc) is 2.68. The quantitative estimate of drug-likeness (QED) is 0.772. The van der Waals surface area contributed by atoms with Crippen LogP contribution < -0.4 is 0 Å². The second kappa shape index (κ2) is 8.45. The predicted octanol–water partition coefficient (Wildman–Crippen LogP) is 4.53. The van der Waals surface area contributed by atoms with Crippen molar-refractivity contribution in [1.82, 2.24) is 4.90 Å². The van der Waals surface area contributed by atoms with Gasteiger partial charge in [0, 0.05) is 25.4 Å². The fourth-order valence-corrected chi connectivity index (χ4v) is 3.55. The summed E-state index contributed by atoms with van der Waals surface area (Å²) in [5.74, 6) is -1.11. The van der Waals surface area contributed by atoms with E-state index in [1.165, 1.54) is 12.1 Å². The van der Waals surface area contributed by atoms with Gasteiger partial charge >= 0.3 is 0 Å². The van der Waals surface area contributed by atoms with Crippen LogP contribution in [0.3, 0.4) is 0 Å². The van der Waals surface area contributed by atoms with Crippen LogP contribution in [0.5, 0.6) is 0 Å². The normalized spacial score (nSPS) is 17.2. The van der Waals surface area contributed by atoms with Gasteiger partial charge in [-0.1, -0.05) is 48.0 Å². The number of hydrogen-bond acceptors (Lipinski definition) is 2. The summed E-state index contributed by atoms with van der Waals surface area (Å²) in [7, 11) is 0. The van der Waals surface area contributed by atoms with Gasteiger partial charge in [-0.3, -0.25) is 9.59 Å². The number of carbonyl (C=O) groups is 2. The van der Waals surface area contributed by atoms with E-state index in [1.54, 1.807) is 11.0 Å². The van der Waals surface area contributed by atoms with E-state index < -0.39 is 11.7 Å². The Kier molecular flexibility index (Phi) is 6.04. The highest BCUT2D eigenvalue weighted by Crippen LogP contribution is 2.24. The minimum atomic E-state index is -0.698. The number of benzene rings is 2. The molecular weight excluding hydrogens is 353 g/mol. The molecule has 0 saturated carbocycles. The van der Waals surface area contributed by atoms with Crippen molar-refractivity contribution in [3.05, 3.63) is 70.5 Å². The van der Waals surface area contributed by atoms with Crippen LogP contribution in [0.1, 0.15) is 35.2 Å². The molecule has 1 atom stereocenters. The minimum Gasteiger partial charge on any atom is -0.338 e. The van der Waals surface area contributed by atoms with Gasteiger partial charge in [0.2, 0.25) is 0 Å². The Labute approximate surface area is 157 Å². The SMILES string of the molecule is O=C(CCc1ccccc1)C1CCCN(C(=O)c2cccc(Cl)c2F)C1. The Balaban J connectivity index is 1.62. The minimum absolute atomic E-state index is 0.0325. The molecule has 0 aromatic heterocycles. The molecule has 1 heterocycles. The van der Waals surface area contributed by atoms with Crippen LogP contribution in [0, 0.1) is 11.7 Å². The first-order valence-corrected chi connectivity index (χ1v) is 9.24. The van der Waals surface area contributed by atoms with Crippen LogP contribution >= 0.6 is 11.6 Å². The summed E-state index contributed by atoms with van der Waals surface area (Å²) >= 11 is 5.78. The number of amides is 1. The summed E-state index contributed by atoms with van der Waals surface area (Å²) in [4.78, 5) is 26.8. The van der Waals surface area contributed by atoms with Gasteiger partial charge in [-0.15, -0.1) is 0 Å². The fourth-order valence-electron chi connectivity index (χ4n) is 3.38. The van der Waals surface area contributed by atoms with Crippen molar-refractivity contribution in [2.45, 2.75) is 25.7 Å². The number of Topliss-reactive ketones (excluding diaryl/α,β-unsaturated/α-hetero) is 1. The molecule has 1 aliphatic rings. The van der Waals surface area contributed by atoms with Crippen molar-refractivity contribution >= 4 is 23.3 Å². The second-order valence-electron chi connectivity index (χ2n) is 6.64. The van der Waals surface area contributed by atoms with Crippen molar-refractivity contribution in [3.63, 3.8) is 0 Å². The molecule has 1 aliphatic heterocycles. The Bertz CT molecular complexity index is 794. The number of likely N-dealkylation sites (tertiary alicyclic amines) is 1. The monoisotopic (exact) mass is 373 g/mol. The molecule has 26 heavy (non-hydrogen) atoms. The zero-order valence-electron chi connectivity index (χ0n) is 14.5. The highest BCUT2D eigenvalue weighted by Gasteiger charge is 2.29. The summed E-state index contributed by atoms with van der Waals surface area (Å²) in [6, 6.07) is 14.3. The first-order chi connectivity index (χ1) is 12.6. The lowest BCUT2D eigenvalue weighted by Crippen LogP contribution is -2.42. The molecule has 2 aromatic rings. The maximum atomic E-state index is 14.1. The molecule has 5 heteroatoms. The number of hydrogen-bond donors (Lipinski definition) is 0. The van der Waals surface area contributed by atoms with Crippen LogP contribution in [0.15, 0.2) is 48.5 Å². The lowest BCUT2D eigenvalue weighted by molar-refractivity contribution is -0.124. The summed E-state index contributed by atoms with van der Waals surface area (Å²) in [5.41, 5.74) is 1.10. The Morgan fingerprint density at radius 2 is 1.88 bits per heavy atom. The van der Waals surface area contributed by atoms with E-state index in [-0.39, 0.29) is 22.3 Å². The van der Waals surface area contributed by atoms with Crippen LogP contribution in [-0.4, -0.2) is 29.7 Å². The Morgan fingerprint density at radius 3 is 2.65 bits per heavy atom. The number of aryl methyl sites for hydroxylation is 1. The summed E-state index contributed by atoms with van der Waals surface area (Å²) in [6.07, 6.45) is 2.68. The standard InChI is InChI=1S/C21H21ClFNO2/c22-18-10-4-9-17(20(18)23)21(26)24-13-5-8-16(14-24)19(25)12-11-15-6-2-1-3-7-15/h1-4,6-7,9-10,16H,5,8,11-14H2. The first-order valence-electron chi connectivity index (χ1n) is 8.86. The maximum absolute atomic E-state index is 14.1. The number of carbonyl (C=O) groups excluding carboxylic acids is 2. The third-order valence-electron chi connectivity index (χ3n) is 4.85. The molecule has 0 aliphatic carbocycles. The number of piperidine rings is 1.